The molecule has 2 aromatic heterocycles. The van der Waals surface area contributed by atoms with Crippen LogP contribution in [0.25, 0.3) is 10.3 Å². The molecule has 0 saturated heterocycles. The van der Waals surface area contributed by atoms with Gasteiger partial charge in [0, 0.05) is 12.1 Å². The molecule has 9 heteroatoms. The van der Waals surface area contributed by atoms with Crippen molar-refractivity contribution in [2.75, 3.05) is 12.4 Å². The molecular formula is C17H12ClN5O2S. The van der Waals surface area contributed by atoms with E-state index in [0.717, 1.165) is 0 Å². The Labute approximate surface area is 156 Å². The Morgan fingerprint density at radius 1 is 1.46 bits per heavy atom. The van der Waals surface area contributed by atoms with E-state index in [1.807, 2.05) is 0 Å². The Bertz CT molecular complexity index is 1170. The first-order chi connectivity index (χ1) is 12.5. The quantitative estimate of drug-likeness (QED) is 0.624. The van der Waals surface area contributed by atoms with Gasteiger partial charge in [-0.25, -0.2) is 4.98 Å². The molecule has 1 atom stereocenters. The van der Waals surface area contributed by atoms with Crippen LogP contribution in [0.4, 0.5) is 5.13 Å². The summed E-state index contributed by atoms with van der Waals surface area (Å²) in [6.45, 7) is 0. The average Bonchev–Trinajstić information content (AvgIpc) is 3.04. The number of nitrogens with two attached hydrogens (primary N) is 1. The molecule has 0 spiro atoms. The molecule has 130 valence electrons. The average molecular weight is 386 g/mol. The number of H-pyrrole nitrogens is 1. The van der Waals surface area contributed by atoms with Crippen molar-refractivity contribution >= 4 is 38.4 Å². The summed E-state index contributed by atoms with van der Waals surface area (Å²) < 4.78 is 6.33. The van der Waals surface area contributed by atoms with Crippen LogP contribution >= 0.6 is 22.9 Å². The van der Waals surface area contributed by atoms with Gasteiger partial charge in [0.05, 0.1) is 11.5 Å². The second-order valence-electron chi connectivity index (χ2n) is 5.59. The van der Waals surface area contributed by atoms with Gasteiger partial charge in [-0.05, 0) is 11.6 Å². The van der Waals surface area contributed by atoms with Gasteiger partial charge in [0.2, 0.25) is 5.88 Å². The molecule has 4 rings (SSSR count). The predicted molar refractivity (Wildman–Crippen MR) is 101 cm³/mol. The van der Waals surface area contributed by atoms with Gasteiger partial charge in [0.25, 0.3) is 5.56 Å². The number of hydrogen-bond donors (Lipinski definition) is 3. The van der Waals surface area contributed by atoms with Gasteiger partial charge in [-0.15, -0.1) is 0 Å². The van der Waals surface area contributed by atoms with Crippen LogP contribution in [0.5, 0.6) is 5.75 Å². The van der Waals surface area contributed by atoms with Gasteiger partial charge in [0.1, 0.15) is 16.3 Å². The number of nitriles is 1. The van der Waals surface area contributed by atoms with E-state index in [4.69, 9.17) is 22.1 Å². The first kappa shape index (κ1) is 16.4. The number of nitrogens with zero attached hydrogens (tertiary/aromatic N) is 2. The molecule has 0 amide bonds. The fraction of sp³-hybridized carbons (Fsp3) is 0.118. The molecule has 26 heavy (non-hydrogen) atoms. The highest BCUT2D eigenvalue weighted by atomic mass is 35.5. The number of pyridine rings is 1. The lowest BCUT2D eigenvalue weighted by atomic mass is 9.84. The zero-order valence-electron chi connectivity index (χ0n) is 13.5. The molecule has 1 aliphatic rings. The lowest BCUT2D eigenvalue weighted by molar-refractivity contribution is 0.397. The highest BCUT2D eigenvalue weighted by Gasteiger charge is 2.36. The topological polar surface area (TPSA) is 117 Å². The fourth-order valence-electron chi connectivity index (χ4n) is 3.02. The number of allylic oxidation sites excluding steroid dienone is 1. The molecule has 1 aromatic carbocycles. The molecule has 1 aliphatic heterocycles. The van der Waals surface area contributed by atoms with Gasteiger partial charge in [-0.3, -0.25) is 4.79 Å². The third-order valence-electron chi connectivity index (χ3n) is 4.16. The SMILES string of the molecule is CNc1nc2[nH]c(=O)c3c(c2s1)OC(N)=C(C#N)[C@@H]3c1ccccc1Cl. The molecule has 7 nitrogen and oxygen atoms in total. The summed E-state index contributed by atoms with van der Waals surface area (Å²) in [7, 11) is 1.73. The van der Waals surface area contributed by atoms with Crippen molar-refractivity contribution in [3.63, 3.8) is 0 Å². The zero-order chi connectivity index (χ0) is 18.4. The molecule has 0 radical (unpaired) electrons. The first-order valence-corrected chi connectivity index (χ1v) is 8.81. The summed E-state index contributed by atoms with van der Waals surface area (Å²) in [5.41, 5.74) is 7.06. The summed E-state index contributed by atoms with van der Waals surface area (Å²) in [6, 6.07) is 9.10. The van der Waals surface area contributed by atoms with E-state index in [-0.39, 0.29) is 11.5 Å². The summed E-state index contributed by atoms with van der Waals surface area (Å²) in [6.07, 6.45) is 0. The fourth-order valence-corrected chi connectivity index (χ4v) is 4.14. The summed E-state index contributed by atoms with van der Waals surface area (Å²) in [5.74, 6) is -0.453. The zero-order valence-corrected chi connectivity index (χ0v) is 15.0. The number of halogens is 1. The number of benzene rings is 1. The molecule has 0 unspecified atom stereocenters. The van der Waals surface area contributed by atoms with Gasteiger partial charge < -0.3 is 20.8 Å². The molecule has 3 aromatic rings. The number of nitrogens with one attached hydrogen (secondary N) is 2. The van der Waals surface area contributed by atoms with Gasteiger partial charge in [-0.1, -0.05) is 41.1 Å². The van der Waals surface area contributed by atoms with Crippen LogP contribution in [0.1, 0.15) is 17.0 Å². The standard InChI is InChI=1S/C17H12ClN5O2S/c1-21-17-23-15-13(26-17)12-11(16(24)22-15)10(8(6-19)14(20)25-12)7-4-2-3-5-9(7)18/h2-5,10H,20H2,1H3,(H2,21,22,23,24)/t10-/m0/s1. The van der Waals surface area contributed by atoms with E-state index in [1.54, 1.807) is 31.3 Å². The van der Waals surface area contributed by atoms with E-state index < -0.39 is 11.5 Å². The number of ether oxygens (including phenoxy) is 1. The maximum absolute atomic E-state index is 12.8. The Balaban J connectivity index is 2.09. The van der Waals surface area contributed by atoms with Crippen LogP contribution in [0.2, 0.25) is 5.02 Å². The van der Waals surface area contributed by atoms with Crippen LogP contribution in [0.3, 0.4) is 0 Å². The van der Waals surface area contributed by atoms with Crippen molar-refractivity contribution in [2.45, 2.75) is 5.92 Å². The van der Waals surface area contributed by atoms with Crippen molar-refractivity contribution < 1.29 is 4.74 Å². The lowest BCUT2D eigenvalue weighted by Crippen LogP contribution is -2.27. The number of anilines is 1. The number of rotatable bonds is 2. The summed E-state index contributed by atoms with van der Waals surface area (Å²) in [4.78, 5) is 19.9. The normalized spacial score (nSPS) is 16.1. The minimum absolute atomic E-state index is 0.0452. The van der Waals surface area contributed by atoms with Crippen LogP contribution in [-0.4, -0.2) is 17.0 Å². The van der Waals surface area contributed by atoms with Crippen molar-refractivity contribution in [2.24, 2.45) is 5.73 Å². The van der Waals surface area contributed by atoms with Gasteiger partial charge in [-0.2, -0.15) is 5.26 Å². The number of fused-ring (bicyclic) bond motifs is 3. The largest absolute Gasteiger partial charge is 0.438 e. The van der Waals surface area contributed by atoms with Gasteiger partial charge >= 0.3 is 0 Å². The van der Waals surface area contributed by atoms with Crippen LogP contribution < -0.4 is 21.3 Å². The molecule has 0 saturated carbocycles. The summed E-state index contributed by atoms with van der Waals surface area (Å²) >= 11 is 7.67. The Morgan fingerprint density at radius 3 is 2.92 bits per heavy atom. The molecule has 4 N–H and O–H groups in total. The maximum Gasteiger partial charge on any atom is 0.257 e. The van der Waals surface area contributed by atoms with E-state index in [0.29, 0.717) is 37.4 Å². The Kier molecular flexibility index (Phi) is 3.83. The number of hydrogen-bond acceptors (Lipinski definition) is 7. The highest BCUT2D eigenvalue weighted by Crippen LogP contribution is 2.46. The smallest absolute Gasteiger partial charge is 0.257 e. The van der Waals surface area contributed by atoms with Crippen molar-refractivity contribution in [1.82, 2.24) is 9.97 Å². The minimum atomic E-state index is -0.717. The molecule has 3 heterocycles. The van der Waals surface area contributed by atoms with E-state index in [2.05, 4.69) is 21.4 Å². The summed E-state index contributed by atoms with van der Waals surface area (Å²) in [5, 5.41) is 13.6. The molecule has 0 aliphatic carbocycles. The number of aromatic nitrogens is 2. The van der Waals surface area contributed by atoms with E-state index in [1.165, 1.54) is 11.3 Å². The second kappa shape index (κ2) is 6.05. The maximum atomic E-state index is 12.8. The third kappa shape index (κ3) is 2.33. The van der Waals surface area contributed by atoms with E-state index >= 15 is 0 Å². The second-order valence-corrected chi connectivity index (χ2v) is 7.00. The van der Waals surface area contributed by atoms with Crippen molar-refractivity contribution in [1.29, 1.82) is 5.26 Å². The van der Waals surface area contributed by atoms with Crippen molar-refractivity contribution in [3.8, 4) is 11.8 Å². The Morgan fingerprint density at radius 2 is 2.23 bits per heavy atom. The van der Waals surface area contributed by atoms with E-state index in [9.17, 15) is 10.1 Å². The number of aromatic amines is 1. The van der Waals surface area contributed by atoms with Crippen LogP contribution in [-0.2, 0) is 0 Å². The Hall–Kier alpha value is -3.02. The van der Waals surface area contributed by atoms with Crippen LogP contribution in [0.15, 0.2) is 40.5 Å². The molecule has 0 fully saturated rings. The number of thiazole rings is 1. The van der Waals surface area contributed by atoms with Gasteiger partial charge in [0.15, 0.2) is 16.5 Å². The molecular weight excluding hydrogens is 374 g/mol. The van der Waals surface area contributed by atoms with Crippen molar-refractivity contribution in [3.05, 3.63) is 62.2 Å². The van der Waals surface area contributed by atoms with Crippen LogP contribution in [0, 0.1) is 11.3 Å². The third-order valence-corrected chi connectivity index (χ3v) is 5.58. The molecule has 0 bridgehead atoms. The predicted octanol–water partition coefficient (Wildman–Crippen LogP) is 2.90. The lowest BCUT2D eigenvalue weighted by Gasteiger charge is -2.26. The highest BCUT2D eigenvalue weighted by molar-refractivity contribution is 7.22. The monoisotopic (exact) mass is 385 g/mol. The first-order valence-electron chi connectivity index (χ1n) is 7.61. The minimum Gasteiger partial charge on any atom is -0.438 e.